The van der Waals surface area contributed by atoms with Gasteiger partial charge >= 0.3 is 0 Å². The summed E-state index contributed by atoms with van der Waals surface area (Å²) in [5.41, 5.74) is 1.81. The van der Waals surface area contributed by atoms with Gasteiger partial charge in [0.15, 0.2) is 0 Å². The van der Waals surface area contributed by atoms with Gasteiger partial charge in [-0.15, -0.1) is 0 Å². The van der Waals surface area contributed by atoms with Gasteiger partial charge in [-0.25, -0.2) is 4.98 Å². The summed E-state index contributed by atoms with van der Waals surface area (Å²) in [7, 11) is 1.59. The topological polar surface area (TPSA) is 103 Å². The number of hydrogen-bond acceptors (Lipinski definition) is 8. The van der Waals surface area contributed by atoms with Gasteiger partial charge in [0.1, 0.15) is 23.3 Å². The Morgan fingerprint density at radius 3 is 2.66 bits per heavy atom. The molecule has 5 rings (SSSR count). The Bertz CT molecular complexity index is 1220. The molecule has 2 aromatic heterocycles. The quantitative estimate of drug-likeness (QED) is 0.461. The highest BCUT2D eigenvalue weighted by atomic mass is 16.5. The van der Waals surface area contributed by atoms with Gasteiger partial charge in [0.05, 0.1) is 32.0 Å². The summed E-state index contributed by atoms with van der Waals surface area (Å²) >= 11 is 0. The molecule has 9 heteroatoms. The van der Waals surface area contributed by atoms with Crippen molar-refractivity contribution in [3.8, 4) is 34.5 Å². The molecule has 9 nitrogen and oxygen atoms in total. The smallest absolute Gasteiger partial charge is 0.262 e. The lowest BCUT2D eigenvalue weighted by Gasteiger charge is -2.39. The molecule has 1 saturated heterocycles. The number of rotatable bonds is 6. The van der Waals surface area contributed by atoms with Crippen molar-refractivity contribution in [3.63, 3.8) is 0 Å². The number of benzene rings is 2. The third kappa shape index (κ3) is 3.87. The van der Waals surface area contributed by atoms with Crippen molar-refractivity contribution in [2.24, 2.45) is 0 Å². The largest absolute Gasteiger partial charge is 0.497 e. The molecule has 0 N–H and O–H groups in total. The summed E-state index contributed by atoms with van der Waals surface area (Å²) in [6.07, 6.45) is 4.59. The minimum atomic E-state index is -0.124. The maximum atomic E-state index is 12.6. The fourth-order valence-electron chi connectivity index (χ4n) is 3.37. The van der Waals surface area contributed by atoms with Gasteiger partial charge in [-0.05, 0) is 36.4 Å². The molecule has 2 aromatic carbocycles. The number of nitrogens with zero attached hydrogens (tertiary/aromatic N) is 5. The number of hydrogen-bond donors (Lipinski definition) is 0. The number of carbonyl (C=O) groups is 1. The zero-order valence-electron chi connectivity index (χ0n) is 17.2. The van der Waals surface area contributed by atoms with Crippen LogP contribution in [0.25, 0.3) is 23.0 Å². The van der Waals surface area contributed by atoms with Gasteiger partial charge in [0, 0.05) is 18.0 Å². The van der Waals surface area contributed by atoms with E-state index < -0.39 is 0 Å². The molecule has 1 aliphatic rings. The summed E-state index contributed by atoms with van der Waals surface area (Å²) in [5, 5.41) is 3.99. The molecule has 0 bridgehead atoms. The Balaban J connectivity index is 1.26. The predicted octanol–water partition coefficient (Wildman–Crippen LogP) is 3.11. The van der Waals surface area contributed by atoms with E-state index in [4.69, 9.17) is 14.0 Å². The lowest BCUT2D eigenvalue weighted by molar-refractivity contribution is 0.0179. The molecule has 1 fully saturated rings. The number of methoxy groups -OCH3 is 1. The van der Waals surface area contributed by atoms with Crippen LogP contribution in [0.5, 0.6) is 11.5 Å². The van der Waals surface area contributed by atoms with Crippen LogP contribution in [0.15, 0.2) is 71.6 Å². The minimum absolute atomic E-state index is 0.0358. The standard InChI is InChI=1S/C23H19N5O4/c1-30-16-8-6-15(7-9-16)23(29)28-13-17(14-28)31-20-5-3-2-4-18(20)22-26-21(27-32-22)19-12-24-10-11-25-19/h2-12,17H,13-14H2,1H3. The van der Waals surface area contributed by atoms with Crippen molar-refractivity contribution in [1.82, 2.24) is 25.0 Å². The molecule has 0 radical (unpaired) electrons. The maximum absolute atomic E-state index is 12.6. The van der Waals surface area contributed by atoms with Crippen molar-refractivity contribution < 1.29 is 18.8 Å². The van der Waals surface area contributed by atoms with E-state index in [1.54, 1.807) is 54.9 Å². The normalized spacial score (nSPS) is 13.5. The van der Waals surface area contributed by atoms with E-state index in [2.05, 4.69) is 20.1 Å². The summed E-state index contributed by atoms with van der Waals surface area (Å²) in [4.78, 5) is 27.0. The summed E-state index contributed by atoms with van der Waals surface area (Å²) in [6, 6.07) is 14.5. The van der Waals surface area contributed by atoms with Crippen LogP contribution in [0.2, 0.25) is 0 Å². The van der Waals surface area contributed by atoms with Crippen LogP contribution in [0.4, 0.5) is 0 Å². The zero-order valence-corrected chi connectivity index (χ0v) is 17.2. The number of carbonyl (C=O) groups excluding carboxylic acids is 1. The van der Waals surface area contributed by atoms with E-state index in [0.29, 0.717) is 53.1 Å². The molecule has 4 aromatic rings. The van der Waals surface area contributed by atoms with Gasteiger partial charge in [-0.3, -0.25) is 9.78 Å². The van der Waals surface area contributed by atoms with E-state index in [1.165, 1.54) is 0 Å². The number of aromatic nitrogens is 4. The van der Waals surface area contributed by atoms with E-state index >= 15 is 0 Å². The molecule has 3 heterocycles. The van der Waals surface area contributed by atoms with Gasteiger partial charge in [0.25, 0.3) is 11.8 Å². The Labute approximate surface area is 183 Å². The van der Waals surface area contributed by atoms with Crippen LogP contribution in [0.1, 0.15) is 10.4 Å². The SMILES string of the molecule is COc1ccc(C(=O)N2CC(Oc3ccccc3-c3nc(-c4cnccn4)no3)C2)cc1. The Morgan fingerprint density at radius 2 is 1.91 bits per heavy atom. The second-order valence-corrected chi connectivity index (χ2v) is 7.19. The second kappa shape index (κ2) is 8.46. The van der Waals surface area contributed by atoms with E-state index in [-0.39, 0.29) is 12.0 Å². The van der Waals surface area contributed by atoms with E-state index in [0.717, 1.165) is 0 Å². The summed E-state index contributed by atoms with van der Waals surface area (Å²) in [6.45, 7) is 0.988. The van der Waals surface area contributed by atoms with Crippen molar-refractivity contribution in [3.05, 3.63) is 72.7 Å². The fourth-order valence-corrected chi connectivity index (χ4v) is 3.37. The van der Waals surface area contributed by atoms with Crippen molar-refractivity contribution in [2.75, 3.05) is 20.2 Å². The van der Waals surface area contributed by atoms with Crippen LogP contribution >= 0.6 is 0 Å². The Kier molecular flexibility index (Phi) is 5.20. The highest BCUT2D eigenvalue weighted by molar-refractivity contribution is 5.95. The lowest BCUT2D eigenvalue weighted by Crippen LogP contribution is -2.56. The molecule has 0 atom stereocenters. The first-order chi connectivity index (χ1) is 15.7. The number of amides is 1. The maximum Gasteiger partial charge on any atom is 0.262 e. The average Bonchev–Trinajstić information content (AvgIpc) is 3.32. The molecular formula is C23H19N5O4. The molecule has 0 unspecified atom stereocenters. The number of likely N-dealkylation sites (tertiary alicyclic amines) is 1. The third-order valence-corrected chi connectivity index (χ3v) is 5.10. The number of ether oxygens (including phenoxy) is 2. The lowest BCUT2D eigenvalue weighted by atomic mass is 10.1. The van der Waals surface area contributed by atoms with Crippen LogP contribution in [-0.4, -0.2) is 57.2 Å². The molecule has 160 valence electrons. The van der Waals surface area contributed by atoms with Crippen molar-refractivity contribution >= 4 is 5.91 Å². The second-order valence-electron chi connectivity index (χ2n) is 7.19. The van der Waals surface area contributed by atoms with Crippen LogP contribution in [-0.2, 0) is 0 Å². The fraction of sp³-hybridized carbons (Fsp3) is 0.174. The molecule has 0 saturated carbocycles. The van der Waals surface area contributed by atoms with Crippen molar-refractivity contribution in [1.29, 1.82) is 0 Å². The average molecular weight is 429 g/mol. The molecule has 32 heavy (non-hydrogen) atoms. The van der Waals surface area contributed by atoms with E-state index in [1.807, 2.05) is 24.3 Å². The van der Waals surface area contributed by atoms with Crippen LogP contribution < -0.4 is 9.47 Å². The minimum Gasteiger partial charge on any atom is -0.497 e. The zero-order chi connectivity index (χ0) is 21.9. The summed E-state index contributed by atoms with van der Waals surface area (Å²) in [5.74, 6) is 1.97. The Morgan fingerprint density at radius 1 is 1.09 bits per heavy atom. The van der Waals surface area contributed by atoms with Crippen LogP contribution in [0.3, 0.4) is 0 Å². The highest BCUT2D eigenvalue weighted by Crippen LogP contribution is 2.32. The van der Waals surface area contributed by atoms with E-state index in [9.17, 15) is 4.79 Å². The predicted molar refractivity (Wildman–Crippen MR) is 114 cm³/mol. The third-order valence-electron chi connectivity index (χ3n) is 5.10. The molecule has 1 amide bonds. The first-order valence-electron chi connectivity index (χ1n) is 10.0. The number of para-hydroxylation sites is 1. The monoisotopic (exact) mass is 429 g/mol. The summed E-state index contributed by atoms with van der Waals surface area (Å²) < 4.78 is 16.7. The van der Waals surface area contributed by atoms with Gasteiger partial charge < -0.3 is 18.9 Å². The van der Waals surface area contributed by atoms with Crippen LogP contribution in [0, 0.1) is 0 Å². The van der Waals surface area contributed by atoms with Crippen molar-refractivity contribution in [2.45, 2.75) is 6.10 Å². The molecular weight excluding hydrogens is 410 g/mol. The van der Waals surface area contributed by atoms with Gasteiger partial charge in [-0.2, -0.15) is 4.98 Å². The molecule has 1 aliphatic heterocycles. The highest BCUT2D eigenvalue weighted by Gasteiger charge is 2.33. The Hall–Kier alpha value is -4.27. The first kappa shape index (κ1) is 19.7. The molecule has 0 aliphatic carbocycles. The van der Waals surface area contributed by atoms with Gasteiger partial charge in [0.2, 0.25) is 5.82 Å². The van der Waals surface area contributed by atoms with Gasteiger partial charge in [-0.1, -0.05) is 17.3 Å². The first-order valence-corrected chi connectivity index (χ1v) is 10.0. The molecule has 0 spiro atoms.